The van der Waals surface area contributed by atoms with Crippen LogP contribution in [-0.4, -0.2) is 77.3 Å². The molecule has 2 aliphatic rings. The average Bonchev–Trinajstić information content (AvgIpc) is 3.22. The summed E-state index contributed by atoms with van der Waals surface area (Å²) >= 11 is 1.55. The summed E-state index contributed by atoms with van der Waals surface area (Å²) in [7, 11) is 0. The van der Waals surface area contributed by atoms with Crippen molar-refractivity contribution in [2.24, 2.45) is 11.8 Å². The minimum absolute atomic E-state index is 0.0412. The Morgan fingerprint density at radius 1 is 1.03 bits per heavy atom. The first-order chi connectivity index (χ1) is 16.3. The minimum atomic E-state index is -0.0412. The van der Waals surface area contributed by atoms with Crippen molar-refractivity contribution in [3.05, 3.63) is 45.9 Å². The molecule has 1 aromatic carbocycles. The highest BCUT2D eigenvalue weighted by atomic mass is 32.1. The molecule has 2 aromatic rings. The van der Waals surface area contributed by atoms with Gasteiger partial charge < -0.3 is 10.2 Å². The standard InChI is InChI=1S/C26H37N5O2S/c1-19-4-6-22(7-5-19)27-24(32)13-25-28-23(18-34-25)16-29-8-10-30(11-9-29)17-26(33)31-14-20(2)12-21(3)15-31/h4-7,18,20-21H,8-17H2,1-3H3,(H,27,32). The van der Waals surface area contributed by atoms with Crippen LogP contribution in [0.5, 0.6) is 0 Å². The number of piperidine rings is 1. The van der Waals surface area contributed by atoms with Crippen LogP contribution in [0.3, 0.4) is 0 Å². The molecule has 0 spiro atoms. The summed E-state index contributed by atoms with van der Waals surface area (Å²) in [6.07, 6.45) is 1.51. The van der Waals surface area contributed by atoms with Crippen molar-refractivity contribution in [2.75, 3.05) is 51.1 Å². The Morgan fingerprint density at radius 3 is 2.35 bits per heavy atom. The molecule has 0 saturated carbocycles. The number of anilines is 1. The van der Waals surface area contributed by atoms with Gasteiger partial charge in [-0.05, 0) is 37.3 Å². The van der Waals surface area contributed by atoms with Gasteiger partial charge in [0.1, 0.15) is 5.01 Å². The van der Waals surface area contributed by atoms with Crippen molar-refractivity contribution in [3.8, 4) is 0 Å². The lowest BCUT2D eigenvalue weighted by atomic mass is 9.92. The van der Waals surface area contributed by atoms with Gasteiger partial charge in [0.15, 0.2) is 0 Å². The molecule has 2 fully saturated rings. The van der Waals surface area contributed by atoms with E-state index < -0.39 is 0 Å². The molecule has 2 unspecified atom stereocenters. The number of hydrogen-bond acceptors (Lipinski definition) is 6. The van der Waals surface area contributed by atoms with Crippen LogP contribution in [-0.2, 0) is 22.6 Å². The van der Waals surface area contributed by atoms with Crippen LogP contribution in [0.2, 0.25) is 0 Å². The van der Waals surface area contributed by atoms with Crippen LogP contribution < -0.4 is 5.32 Å². The van der Waals surface area contributed by atoms with Gasteiger partial charge in [0.05, 0.1) is 18.7 Å². The number of benzene rings is 1. The predicted molar refractivity (Wildman–Crippen MR) is 137 cm³/mol. The van der Waals surface area contributed by atoms with Gasteiger partial charge >= 0.3 is 0 Å². The van der Waals surface area contributed by atoms with Gasteiger partial charge in [0.25, 0.3) is 0 Å². The first-order valence-electron chi connectivity index (χ1n) is 12.4. The van der Waals surface area contributed by atoms with Crippen LogP contribution in [0, 0.1) is 18.8 Å². The molecule has 34 heavy (non-hydrogen) atoms. The van der Waals surface area contributed by atoms with Crippen molar-refractivity contribution in [1.29, 1.82) is 0 Å². The number of rotatable bonds is 7. The number of amides is 2. The highest BCUT2D eigenvalue weighted by Gasteiger charge is 2.27. The van der Waals surface area contributed by atoms with Gasteiger partial charge in [-0.2, -0.15) is 0 Å². The fourth-order valence-corrected chi connectivity index (χ4v) is 5.76. The summed E-state index contributed by atoms with van der Waals surface area (Å²) in [5.41, 5.74) is 3.00. The number of carbonyl (C=O) groups excluding carboxylic acids is 2. The van der Waals surface area contributed by atoms with Crippen molar-refractivity contribution < 1.29 is 9.59 Å². The summed E-state index contributed by atoms with van der Waals surface area (Å²) in [4.78, 5) is 36.5. The molecule has 184 valence electrons. The quantitative estimate of drug-likeness (QED) is 0.655. The van der Waals surface area contributed by atoms with E-state index in [9.17, 15) is 9.59 Å². The van der Waals surface area contributed by atoms with E-state index >= 15 is 0 Å². The van der Waals surface area contributed by atoms with Gasteiger partial charge in [0, 0.05) is 56.9 Å². The molecule has 7 nitrogen and oxygen atoms in total. The summed E-state index contributed by atoms with van der Waals surface area (Å²) in [6.45, 7) is 13.3. The normalized spacial score (nSPS) is 22.0. The molecule has 1 aromatic heterocycles. The summed E-state index contributed by atoms with van der Waals surface area (Å²) in [6, 6.07) is 7.81. The second-order valence-corrected chi connectivity index (χ2v) is 11.1. The topological polar surface area (TPSA) is 68.8 Å². The number of nitrogens with zero attached hydrogens (tertiary/aromatic N) is 4. The smallest absolute Gasteiger partial charge is 0.236 e. The Morgan fingerprint density at radius 2 is 1.68 bits per heavy atom. The SMILES string of the molecule is Cc1ccc(NC(=O)Cc2nc(CN3CCN(CC(=O)N4CC(C)CC(C)C4)CC3)cs2)cc1. The van der Waals surface area contributed by atoms with Crippen LogP contribution in [0.25, 0.3) is 0 Å². The predicted octanol–water partition coefficient (Wildman–Crippen LogP) is 3.25. The van der Waals surface area contributed by atoms with Crippen LogP contribution in [0.15, 0.2) is 29.6 Å². The number of aryl methyl sites for hydroxylation is 1. The molecule has 8 heteroatoms. The molecule has 0 bridgehead atoms. The van der Waals surface area contributed by atoms with Crippen molar-refractivity contribution >= 4 is 28.8 Å². The Bertz CT molecular complexity index is 958. The number of likely N-dealkylation sites (tertiary alicyclic amines) is 1. The van der Waals surface area contributed by atoms with E-state index in [1.54, 1.807) is 11.3 Å². The van der Waals surface area contributed by atoms with Crippen molar-refractivity contribution in [1.82, 2.24) is 19.7 Å². The Kier molecular flexibility index (Phi) is 8.34. The summed E-state index contributed by atoms with van der Waals surface area (Å²) in [5.74, 6) is 1.43. The maximum absolute atomic E-state index is 12.8. The molecule has 0 aliphatic carbocycles. The van der Waals surface area contributed by atoms with Gasteiger partial charge in [-0.15, -0.1) is 11.3 Å². The molecule has 2 aliphatic heterocycles. The maximum Gasteiger partial charge on any atom is 0.236 e. The van der Waals surface area contributed by atoms with Crippen molar-refractivity contribution in [2.45, 2.75) is 40.2 Å². The molecule has 2 atom stereocenters. The lowest BCUT2D eigenvalue weighted by Crippen LogP contribution is -2.51. The zero-order chi connectivity index (χ0) is 24.1. The highest BCUT2D eigenvalue weighted by molar-refractivity contribution is 7.09. The fourth-order valence-electron chi connectivity index (χ4n) is 4.97. The molecule has 2 saturated heterocycles. The van der Waals surface area contributed by atoms with E-state index in [0.29, 0.717) is 24.8 Å². The Balaban J connectivity index is 1.18. The molecular formula is C26H37N5O2S. The van der Waals surface area contributed by atoms with Crippen LogP contribution in [0.1, 0.15) is 36.5 Å². The zero-order valence-electron chi connectivity index (χ0n) is 20.6. The fraction of sp³-hybridized carbons (Fsp3) is 0.577. The first-order valence-corrected chi connectivity index (χ1v) is 13.2. The number of carbonyl (C=O) groups is 2. The van der Waals surface area contributed by atoms with E-state index in [1.807, 2.05) is 31.2 Å². The van der Waals surface area contributed by atoms with Gasteiger partial charge in [-0.1, -0.05) is 31.5 Å². The number of nitrogens with one attached hydrogen (secondary N) is 1. The lowest BCUT2D eigenvalue weighted by Gasteiger charge is -2.38. The number of piperazine rings is 1. The third-order valence-electron chi connectivity index (χ3n) is 6.68. The van der Waals surface area contributed by atoms with Crippen LogP contribution >= 0.6 is 11.3 Å². The highest BCUT2D eigenvalue weighted by Crippen LogP contribution is 2.21. The van der Waals surface area contributed by atoms with Gasteiger partial charge in [-0.25, -0.2) is 4.98 Å². The molecular weight excluding hydrogens is 446 g/mol. The second-order valence-electron chi connectivity index (χ2n) is 10.1. The Hall–Kier alpha value is -2.29. The number of hydrogen-bond donors (Lipinski definition) is 1. The van der Waals surface area contributed by atoms with Gasteiger partial charge in [-0.3, -0.25) is 19.4 Å². The molecule has 2 amide bonds. The zero-order valence-corrected chi connectivity index (χ0v) is 21.4. The lowest BCUT2D eigenvalue weighted by molar-refractivity contribution is -0.135. The summed E-state index contributed by atoms with van der Waals surface area (Å²) < 4.78 is 0. The van der Waals surface area contributed by atoms with E-state index in [1.165, 1.54) is 12.0 Å². The second kappa shape index (κ2) is 11.4. The third kappa shape index (κ3) is 7.10. The van der Waals surface area contributed by atoms with E-state index in [-0.39, 0.29) is 11.8 Å². The molecule has 0 radical (unpaired) electrons. The molecule has 3 heterocycles. The van der Waals surface area contributed by atoms with Crippen LogP contribution in [0.4, 0.5) is 5.69 Å². The van der Waals surface area contributed by atoms with E-state index in [4.69, 9.17) is 0 Å². The minimum Gasteiger partial charge on any atom is -0.341 e. The monoisotopic (exact) mass is 483 g/mol. The molecule has 1 N–H and O–H groups in total. The number of thiazole rings is 1. The maximum atomic E-state index is 12.8. The number of aromatic nitrogens is 1. The van der Waals surface area contributed by atoms with Gasteiger partial charge in [0.2, 0.25) is 11.8 Å². The Labute approximate surface area is 207 Å². The first kappa shape index (κ1) is 24.8. The van der Waals surface area contributed by atoms with Crippen molar-refractivity contribution in [3.63, 3.8) is 0 Å². The third-order valence-corrected chi connectivity index (χ3v) is 7.57. The average molecular weight is 484 g/mol. The summed E-state index contributed by atoms with van der Waals surface area (Å²) in [5, 5.41) is 5.84. The van der Waals surface area contributed by atoms with E-state index in [2.05, 4.69) is 44.2 Å². The largest absolute Gasteiger partial charge is 0.341 e. The van der Waals surface area contributed by atoms with E-state index in [0.717, 1.165) is 62.2 Å². The molecule has 4 rings (SSSR count).